The highest BCUT2D eigenvalue weighted by atomic mass is 32.2. The van der Waals surface area contributed by atoms with E-state index in [1.54, 1.807) is 6.26 Å². The van der Waals surface area contributed by atoms with Crippen LogP contribution in [0.15, 0.2) is 82.1 Å². The van der Waals surface area contributed by atoms with E-state index in [9.17, 15) is 4.21 Å². The van der Waals surface area contributed by atoms with Crippen molar-refractivity contribution in [2.24, 2.45) is 4.36 Å². The van der Waals surface area contributed by atoms with Gasteiger partial charge in [-0.05, 0) is 23.3 Å². The summed E-state index contributed by atoms with van der Waals surface area (Å²) in [6, 6.07) is 24.2. The lowest BCUT2D eigenvalue weighted by Crippen LogP contribution is -2.04. The second kappa shape index (κ2) is 4.82. The Morgan fingerprint density at radius 1 is 0.773 bits per heavy atom. The van der Waals surface area contributed by atoms with Crippen LogP contribution >= 0.6 is 0 Å². The molecular formula is C19H15NOS. The molecule has 0 radical (unpaired) electrons. The van der Waals surface area contributed by atoms with Crippen LogP contribution in [0, 0.1) is 0 Å². The summed E-state index contributed by atoms with van der Waals surface area (Å²) in [5.41, 5.74) is 5.19. The van der Waals surface area contributed by atoms with E-state index >= 15 is 0 Å². The fraction of sp³-hybridized carbons (Fsp3) is 0.0526. The minimum absolute atomic E-state index is 0.813. The molecule has 3 aromatic carbocycles. The summed E-state index contributed by atoms with van der Waals surface area (Å²) in [5.74, 6) is 0. The molecule has 0 amide bonds. The molecule has 0 spiro atoms. The summed E-state index contributed by atoms with van der Waals surface area (Å²) < 4.78 is 17.4. The van der Waals surface area contributed by atoms with E-state index in [0.29, 0.717) is 0 Å². The predicted octanol–water partition coefficient (Wildman–Crippen LogP) is 5.12. The Bertz CT molecular complexity index is 983. The van der Waals surface area contributed by atoms with Gasteiger partial charge in [-0.15, -0.1) is 0 Å². The Morgan fingerprint density at radius 3 is 2.27 bits per heavy atom. The van der Waals surface area contributed by atoms with E-state index in [1.165, 1.54) is 0 Å². The first-order chi connectivity index (χ1) is 10.7. The molecule has 0 saturated heterocycles. The van der Waals surface area contributed by atoms with E-state index in [1.807, 2.05) is 54.6 Å². The second-order valence-corrected chi connectivity index (χ2v) is 7.68. The summed E-state index contributed by atoms with van der Waals surface area (Å²) in [7, 11) is -2.38. The standard InChI is InChI=1S/C19H15NOS/c1-22(21)18-13-6-5-10-16(18)19-15(11-7-12-17(19)20-22)14-8-3-2-4-9-14/h2-13H,1H3. The summed E-state index contributed by atoms with van der Waals surface area (Å²) in [4.78, 5) is 0.825. The molecule has 0 N–H and O–H groups in total. The van der Waals surface area contributed by atoms with Crippen LogP contribution in [0.4, 0.5) is 5.69 Å². The van der Waals surface area contributed by atoms with Gasteiger partial charge in [0.1, 0.15) is 0 Å². The molecule has 1 heterocycles. The number of nitrogens with zero attached hydrogens (tertiary/aromatic N) is 1. The Labute approximate surface area is 130 Å². The van der Waals surface area contributed by atoms with Gasteiger partial charge in [-0.3, -0.25) is 0 Å². The van der Waals surface area contributed by atoms with Gasteiger partial charge in [-0.25, -0.2) is 4.21 Å². The van der Waals surface area contributed by atoms with Gasteiger partial charge in [0.25, 0.3) is 0 Å². The van der Waals surface area contributed by atoms with Gasteiger partial charge in [0.05, 0.1) is 20.3 Å². The molecule has 1 aliphatic rings. The fourth-order valence-electron chi connectivity index (χ4n) is 3.00. The first kappa shape index (κ1) is 13.3. The quantitative estimate of drug-likeness (QED) is 0.613. The molecule has 3 heteroatoms. The van der Waals surface area contributed by atoms with Gasteiger partial charge in [-0.2, -0.15) is 4.36 Å². The number of fused-ring (bicyclic) bond motifs is 3. The Morgan fingerprint density at radius 2 is 1.45 bits per heavy atom. The van der Waals surface area contributed by atoms with Crippen molar-refractivity contribution in [2.75, 3.05) is 6.26 Å². The van der Waals surface area contributed by atoms with Crippen LogP contribution < -0.4 is 0 Å². The monoisotopic (exact) mass is 305 g/mol. The molecule has 0 saturated carbocycles. The zero-order chi connectivity index (χ0) is 15.2. The molecule has 1 aliphatic heterocycles. The number of rotatable bonds is 1. The molecule has 0 fully saturated rings. The number of benzene rings is 3. The molecule has 1 atom stereocenters. The van der Waals surface area contributed by atoms with Crippen molar-refractivity contribution in [1.82, 2.24) is 0 Å². The molecule has 4 rings (SSSR count). The highest BCUT2D eigenvalue weighted by molar-refractivity contribution is 7.93. The Kier molecular flexibility index (Phi) is 2.91. The third-order valence-corrected chi connectivity index (χ3v) is 5.68. The highest BCUT2D eigenvalue weighted by Gasteiger charge is 2.23. The lowest BCUT2D eigenvalue weighted by atomic mass is 9.93. The molecular weight excluding hydrogens is 290 g/mol. The van der Waals surface area contributed by atoms with Gasteiger partial charge in [0, 0.05) is 17.4 Å². The van der Waals surface area contributed by atoms with E-state index < -0.39 is 9.73 Å². The van der Waals surface area contributed by atoms with E-state index in [4.69, 9.17) is 0 Å². The summed E-state index contributed by atoms with van der Waals surface area (Å²) in [6.45, 7) is 0. The van der Waals surface area contributed by atoms with Gasteiger partial charge in [-0.1, -0.05) is 60.7 Å². The van der Waals surface area contributed by atoms with Crippen LogP contribution in [0.5, 0.6) is 0 Å². The zero-order valence-electron chi connectivity index (χ0n) is 12.2. The van der Waals surface area contributed by atoms with Crippen molar-refractivity contribution in [2.45, 2.75) is 4.90 Å². The largest absolute Gasteiger partial charge is 0.245 e. The normalized spacial score (nSPS) is 19.0. The van der Waals surface area contributed by atoms with Crippen molar-refractivity contribution in [1.29, 1.82) is 0 Å². The second-order valence-electron chi connectivity index (χ2n) is 5.46. The maximum atomic E-state index is 12.9. The van der Waals surface area contributed by atoms with Crippen LogP contribution in [0.3, 0.4) is 0 Å². The van der Waals surface area contributed by atoms with Crippen molar-refractivity contribution in [3.05, 3.63) is 72.8 Å². The molecule has 1 unspecified atom stereocenters. The summed E-state index contributed by atoms with van der Waals surface area (Å²) in [5, 5.41) is 0. The minimum atomic E-state index is -2.38. The topological polar surface area (TPSA) is 29.4 Å². The SMILES string of the molecule is CS1(=O)=Nc2cccc(-c3ccccc3)c2-c2ccccc21. The Balaban J connectivity index is 2.12. The van der Waals surface area contributed by atoms with Gasteiger partial charge in [0.15, 0.2) is 0 Å². The lowest BCUT2D eigenvalue weighted by Gasteiger charge is -2.21. The maximum absolute atomic E-state index is 12.9. The van der Waals surface area contributed by atoms with Gasteiger partial charge in [0.2, 0.25) is 0 Å². The third-order valence-electron chi connectivity index (χ3n) is 3.96. The maximum Gasteiger partial charge on any atom is 0.0818 e. The smallest absolute Gasteiger partial charge is 0.0818 e. The molecule has 22 heavy (non-hydrogen) atoms. The Hall–Kier alpha value is -2.39. The van der Waals surface area contributed by atoms with Crippen LogP contribution in [-0.4, -0.2) is 10.5 Å². The molecule has 0 aliphatic carbocycles. The zero-order valence-corrected chi connectivity index (χ0v) is 13.0. The molecule has 2 nitrogen and oxygen atoms in total. The van der Waals surface area contributed by atoms with Crippen LogP contribution in [0.25, 0.3) is 22.3 Å². The summed E-state index contributed by atoms with van der Waals surface area (Å²) in [6.07, 6.45) is 1.71. The van der Waals surface area contributed by atoms with Crippen molar-refractivity contribution in [3.8, 4) is 22.3 Å². The fourth-order valence-corrected chi connectivity index (χ4v) is 4.53. The minimum Gasteiger partial charge on any atom is -0.245 e. The van der Waals surface area contributed by atoms with E-state index in [2.05, 4.69) is 22.6 Å². The average Bonchev–Trinajstić information content (AvgIpc) is 2.55. The third kappa shape index (κ3) is 1.97. The van der Waals surface area contributed by atoms with E-state index in [-0.39, 0.29) is 0 Å². The van der Waals surface area contributed by atoms with Crippen molar-refractivity contribution < 1.29 is 4.21 Å². The van der Waals surface area contributed by atoms with Crippen LogP contribution in [0.2, 0.25) is 0 Å². The van der Waals surface area contributed by atoms with Crippen LogP contribution in [-0.2, 0) is 9.73 Å². The van der Waals surface area contributed by atoms with Gasteiger partial charge >= 0.3 is 0 Å². The first-order valence-electron chi connectivity index (χ1n) is 7.17. The van der Waals surface area contributed by atoms with Crippen LogP contribution in [0.1, 0.15) is 0 Å². The summed E-state index contributed by atoms with van der Waals surface area (Å²) >= 11 is 0. The molecule has 3 aromatic rings. The number of hydrogen-bond donors (Lipinski definition) is 0. The number of hydrogen-bond acceptors (Lipinski definition) is 2. The molecule has 108 valence electrons. The van der Waals surface area contributed by atoms with Crippen molar-refractivity contribution in [3.63, 3.8) is 0 Å². The van der Waals surface area contributed by atoms with Crippen molar-refractivity contribution >= 4 is 15.4 Å². The average molecular weight is 305 g/mol. The lowest BCUT2D eigenvalue weighted by molar-refractivity contribution is 0.680. The first-order valence-corrected chi connectivity index (χ1v) is 9.09. The van der Waals surface area contributed by atoms with E-state index in [0.717, 1.165) is 32.8 Å². The molecule has 0 bridgehead atoms. The molecule has 0 aromatic heterocycles. The predicted molar refractivity (Wildman–Crippen MR) is 91.7 cm³/mol. The van der Waals surface area contributed by atoms with Gasteiger partial charge < -0.3 is 0 Å². The highest BCUT2D eigenvalue weighted by Crippen LogP contribution is 2.45.